The summed E-state index contributed by atoms with van der Waals surface area (Å²) >= 11 is 0. The third-order valence-electron chi connectivity index (χ3n) is 3.05. The molecule has 2 rings (SSSR count). The average molecular weight is 246 g/mol. The summed E-state index contributed by atoms with van der Waals surface area (Å²) in [4.78, 5) is 23.1. The highest BCUT2D eigenvalue weighted by molar-refractivity contribution is 5.81. The van der Waals surface area contributed by atoms with Crippen molar-refractivity contribution in [2.75, 3.05) is 0 Å². The van der Waals surface area contributed by atoms with Gasteiger partial charge in [-0.25, -0.2) is 0 Å². The summed E-state index contributed by atoms with van der Waals surface area (Å²) in [5, 5.41) is 16.0. The molecular weight excluding hydrogens is 232 g/mol. The number of rotatable bonds is 3. The fraction of sp³-hybridized carbons (Fsp3) is 0.308. The molecule has 5 nitrogen and oxygen atoms in total. The van der Waals surface area contributed by atoms with E-state index in [0.717, 1.165) is 12.0 Å². The maximum atomic E-state index is 12.2. The highest BCUT2D eigenvalue weighted by Crippen LogP contribution is 2.14. The molecule has 94 valence electrons. The third kappa shape index (κ3) is 1.99. The minimum Gasteiger partial charge on any atom is -0.481 e. The van der Waals surface area contributed by atoms with Gasteiger partial charge in [0.2, 0.25) is 5.43 Å². The zero-order valence-electron chi connectivity index (χ0n) is 10.2. The van der Waals surface area contributed by atoms with Crippen molar-refractivity contribution in [1.29, 1.82) is 0 Å². The number of fused-ring (bicyclic) bond motifs is 1. The molecule has 0 radical (unpaired) electrons. The fourth-order valence-electron chi connectivity index (χ4n) is 1.82. The van der Waals surface area contributed by atoms with E-state index in [1.165, 1.54) is 6.92 Å². The lowest BCUT2D eigenvalue weighted by atomic mass is 10.0. The van der Waals surface area contributed by atoms with Crippen LogP contribution in [0.3, 0.4) is 0 Å². The first-order valence-corrected chi connectivity index (χ1v) is 5.78. The Labute approximate surface area is 103 Å². The van der Waals surface area contributed by atoms with Gasteiger partial charge in [0, 0.05) is 5.39 Å². The largest absolute Gasteiger partial charge is 0.481 e. The van der Waals surface area contributed by atoms with E-state index in [1.54, 1.807) is 12.1 Å². The number of aromatic nitrogens is 2. The average Bonchev–Trinajstić information content (AvgIpc) is 2.38. The van der Waals surface area contributed by atoms with Gasteiger partial charge in [-0.1, -0.05) is 13.0 Å². The Hall–Kier alpha value is -2.17. The molecule has 2 N–H and O–H groups in total. The predicted molar refractivity (Wildman–Crippen MR) is 67.8 cm³/mol. The number of benzene rings is 1. The Morgan fingerprint density at radius 3 is 2.83 bits per heavy atom. The SMILES string of the molecule is CCc1ccc2[nH]nc(C(C)C(=O)O)c(=O)c2c1. The van der Waals surface area contributed by atoms with Crippen LogP contribution in [0, 0.1) is 0 Å². The van der Waals surface area contributed by atoms with E-state index in [4.69, 9.17) is 5.11 Å². The van der Waals surface area contributed by atoms with Gasteiger partial charge in [0.1, 0.15) is 11.6 Å². The molecule has 1 aromatic heterocycles. The topological polar surface area (TPSA) is 83.1 Å². The standard InChI is InChI=1S/C13H14N2O3/c1-3-8-4-5-10-9(6-8)12(16)11(15-14-10)7(2)13(17)18/h4-7H,3H2,1-2H3,(H,14,16)(H,17,18). The first kappa shape index (κ1) is 12.3. The molecule has 1 heterocycles. The molecule has 0 aliphatic rings. The molecule has 5 heteroatoms. The monoisotopic (exact) mass is 246 g/mol. The number of carboxylic acids is 1. The molecule has 1 unspecified atom stereocenters. The Morgan fingerprint density at radius 1 is 1.50 bits per heavy atom. The smallest absolute Gasteiger partial charge is 0.312 e. The summed E-state index contributed by atoms with van der Waals surface area (Å²) in [6.07, 6.45) is 0.821. The Kier molecular flexibility index (Phi) is 3.14. The number of aromatic amines is 1. The highest BCUT2D eigenvalue weighted by Gasteiger charge is 2.20. The maximum absolute atomic E-state index is 12.2. The lowest BCUT2D eigenvalue weighted by Gasteiger charge is -2.06. The number of carbonyl (C=O) groups is 1. The van der Waals surface area contributed by atoms with Crippen molar-refractivity contribution >= 4 is 16.9 Å². The first-order chi connectivity index (χ1) is 8.54. The van der Waals surface area contributed by atoms with Crippen LogP contribution in [0.15, 0.2) is 23.0 Å². The normalized spacial score (nSPS) is 12.6. The van der Waals surface area contributed by atoms with Crippen molar-refractivity contribution in [1.82, 2.24) is 10.2 Å². The second kappa shape index (κ2) is 4.60. The van der Waals surface area contributed by atoms with Crippen molar-refractivity contribution in [2.24, 2.45) is 0 Å². The van der Waals surface area contributed by atoms with Crippen LogP contribution in [0.5, 0.6) is 0 Å². The molecule has 0 amide bonds. The summed E-state index contributed by atoms with van der Waals surface area (Å²) in [5.41, 5.74) is 1.39. The summed E-state index contributed by atoms with van der Waals surface area (Å²) in [5.74, 6) is -1.97. The summed E-state index contributed by atoms with van der Waals surface area (Å²) < 4.78 is 0. The predicted octanol–water partition coefficient (Wildman–Crippen LogP) is 1.67. The molecule has 0 saturated heterocycles. The molecule has 0 saturated carbocycles. The maximum Gasteiger partial charge on any atom is 0.312 e. The number of H-pyrrole nitrogens is 1. The van der Waals surface area contributed by atoms with Gasteiger partial charge < -0.3 is 5.11 Å². The number of aliphatic carboxylic acids is 1. The van der Waals surface area contributed by atoms with Crippen LogP contribution >= 0.6 is 0 Å². The number of hydrogen-bond donors (Lipinski definition) is 2. The molecule has 0 bridgehead atoms. The van der Waals surface area contributed by atoms with E-state index < -0.39 is 11.9 Å². The molecule has 0 aliphatic carbocycles. The summed E-state index contributed by atoms with van der Waals surface area (Å²) in [6.45, 7) is 3.45. The van der Waals surface area contributed by atoms with E-state index >= 15 is 0 Å². The molecular formula is C13H14N2O3. The molecule has 0 fully saturated rings. The van der Waals surface area contributed by atoms with Crippen LogP contribution in [0.25, 0.3) is 10.9 Å². The number of nitrogens with zero attached hydrogens (tertiary/aromatic N) is 1. The van der Waals surface area contributed by atoms with Crippen LogP contribution in [-0.2, 0) is 11.2 Å². The fourth-order valence-corrected chi connectivity index (χ4v) is 1.82. The summed E-state index contributed by atoms with van der Waals surface area (Å²) in [6, 6.07) is 5.49. The van der Waals surface area contributed by atoms with E-state index in [1.807, 2.05) is 13.0 Å². The molecule has 1 atom stereocenters. The van der Waals surface area contributed by atoms with Crippen molar-refractivity contribution < 1.29 is 9.90 Å². The van der Waals surface area contributed by atoms with Crippen LogP contribution < -0.4 is 5.43 Å². The molecule has 2 aromatic rings. The highest BCUT2D eigenvalue weighted by atomic mass is 16.4. The molecule has 18 heavy (non-hydrogen) atoms. The van der Waals surface area contributed by atoms with Crippen molar-refractivity contribution in [3.8, 4) is 0 Å². The van der Waals surface area contributed by atoms with Gasteiger partial charge in [0.05, 0.1) is 5.52 Å². The Morgan fingerprint density at radius 2 is 2.22 bits per heavy atom. The Balaban J connectivity index is 2.69. The van der Waals surface area contributed by atoms with Gasteiger partial charge >= 0.3 is 5.97 Å². The third-order valence-corrected chi connectivity index (χ3v) is 3.05. The quantitative estimate of drug-likeness (QED) is 0.863. The van der Waals surface area contributed by atoms with Crippen molar-refractivity contribution in [3.05, 3.63) is 39.7 Å². The van der Waals surface area contributed by atoms with Crippen LogP contribution in [0.4, 0.5) is 0 Å². The first-order valence-electron chi connectivity index (χ1n) is 5.78. The zero-order chi connectivity index (χ0) is 13.3. The van der Waals surface area contributed by atoms with Crippen LogP contribution in [0.2, 0.25) is 0 Å². The zero-order valence-corrected chi connectivity index (χ0v) is 10.2. The van der Waals surface area contributed by atoms with Crippen LogP contribution in [0.1, 0.15) is 31.0 Å². The van der Waals surface area contributed by atoms with E-state index in [2.05, 4.69) is 10.2 Å². The molecule has 0 spiro atoms. The minimum absolute atomic E-state index is 0.0447. The van der Waals surface area contributed by atoms with E-state index in [-0.39, 0.29) is 11.1 Å². The number of carboxylic acid groups (broad SMARTS) is 1. The summed E-state index contributed by atoms with van der Waals surface area (Å²) in [7, 11) is 0. The van der Waals surface area contributed by atoms with E-state index in [9.17, 15) is 9.59 Å². The van der Waals surface area contributed by atoms with Gasteiger partial charge in [-0.05, 0) is 31.0 Å². The van der Waals surface area contributed by atoms with Gasteiger partial charge in [-0.2, -0.15) is 5.10 Å². The minimum atomic E-state index is -1.06. The van der Waals surface area contributed by atoms with Crippen molar-refractivity contribution in [2.45, 2.75) is 26.2 Å². The van der Waals surface area contributed by atoms with Gasteiger partial charge in [0.25, 0.3) is 0 Å². The van der Waals surface area contributed by atoms with Gasteiger partial charge in [0.15, 0.2) is 0 Å². The van der Waals surface area contributed by atoms with Gasteiger partial charge in [-0.3, -0.25) is 14.7 Å². The van der Waals surface area contributed by atoms with E-state index in [0.29, 0.717) is 10.9 Å². The number of hydrogen-bond acceptors (Lipinski definition) is 3. The second-order valence-electron chi connectivity index (χ2n) is 4.23. The Bertz CT molecular complexity index is 661. The second-order valence-corrected chi connectivity index (χ2v) is 4.23. The lowest BCUT2D eigenvalue weighted by molar-refractivity contribution is -0.138. The lowest BCUT2D eigenvalue weighted by Crippen LogP contribution is -2.21. The van der Waals surface area contributed by atoms with Gasteiger partial charge in [-0.15, -0.1) is 0 Å². The molecule has 0 aliphatic heterocycles. The van der Waals surface area contributed by atoms with Crippen molar-refractivity contribution in [3.63, 3.8) is 0 Å². The number of aryl methyl sites for hydroxylation is 1. The number of nitrogens with one attached hydrogen (secondary N) is 1. The molecule has 1 aromatic carbocycles. The van der Waals surface area contributed by atoms with Crippen LogP contribution in [-0.4, -0.2) is 21.3 Å².